The summed E-state index contributed by atoms with van der Waals surface area (Å²) in [6.07, 6.45) is -4.01. The summed E-state index contributed by atoms with van der Waals surface area (Å²) in [5.74, 6) is -0.682. The number of alkyl halides is 3. The van der Waals surface area contributed by atoms with E-state index in [4.69, 9.17) is 16.1 Å². The number of carbonyl (C=O) groups is 1. The number of benzene rings is 2. The molecule has 1 aromatic heterocycles. The zero-order valence-electron chi connectivity index (χ0n) is 16.3. The summed E-state index contributed by atoms with van der Waals surface area (Å²) in [5.41, 5.74) is 7.16. The number of pyridine rings is 1. The minimum Gasteiger partial charge on any atom is -0.396 e. The lowest BCUT2D eigenvalue weighted by Crippen LogP contribution is -2.14. The van der Waals surface area contributed by atoms with Crippen molar-refractivity contribution in [2.24, 2.45) is 5.73 Å². The SMILES string of the molecule is N#Cc1ccc(Cc2ccc(-c3cc(CCO)cc(C(N)=O)n3)cc2)cc1C(F)(F)F. The van der Waals surface area contributed by atoms with Crippen molar-refractivity contribution >= 4 is 5.91 Å². The van der Waals surface area contributed by atoms with Gasteiger partial charge in [-0.3, -0.25) is 4.79 Å². The second-order valence-corrected chi connectivity index (χ2v) is 6.95. The van der Waals surface area contributed by atoms with Crippen LogP contribution < -0.4 is 5.73 Å². The maximum absolute atomic E-state index is 13.2. The van der Waals surface area contributed by atoms with Gasteiger partial charge in [-0.15, -0.1) is 0 Å². The molecule has 3 N–H and O–H groups in total. The first-order valence-corrected chi connectivity index (χ1v) is 9.32. The second kappa shape index (κ2) is 8.98. The van der Waals surface area contributed by atoms with E-state index >= 15 is 0 Å². The van der Waals surface area contributed by atoms with Gasteiger partial charge in [0.05, 0.1) is 22.9 Å². The van der Waals surface area contributed by atoms with Crippen molar-refractivity contribution in [1.82, 2.24) is 4.98 Å². The number of amides is 1. The molecule has 0 fully saturated rings. The summed E-state index contributed by atoms with van der Waals surface area (Å²) in [6, 6.07) is 15.5. The number of carbonyl (C=O) groups excluding carboxylic acids is 1. The van der Waals surface area contributed by atoms with Crippen molar-refractivity contribution in [3.8, 4) is 17.3 Å². The number of rotatable bonds is 6. The molecule has 0 bridgehead atoms. The van der Waals surface area contributed by atoms with E-state index in [0.29, 0.717) is 28.8 Å². The van der Waals surface area contributed by atoms with Gasteiger partial charge in [-0.25, -0.2) is 4.98 Å². The summed E-state index contributed by atoms with van der Waals surface area (Å²) in [5, 5.41) is 18.1. The summed E-state index contributed by atoms with van der Waals surface area (Å²) < 4.78 is 39.5. The van der Waals surface area contributed by atoms with E-state index in [2.05, 4.69) is 4.98 Å². The molecular weight excluding hydrogens is 407 g/mol. The fraction of sp³-hybridized carbons (Fsp3) is 0.174. The molecule has 5 nitrogen and oxygen atoms in total. The van der Waals surface area contributed by atoms with Crippen LogP contribution in [0.1, 0.15) is 38.3 Å². The minimum absolute atomic E-state index is 0.0855. The van der Waals surface area contributed by atoms with E-state index in [1.165, 1.54) is 18.2 Å². The van der Waals surface area contributed by atoms with Gasteiger partial charge in [0.2, 0.25) is 0 Å². The van der Waals surface area contributed by atoms with Crippen LogP contribution in [0.4, 0.5) is 13.2 Å². The van der Waals surface area contributed by atoms with Crippen LogP contribution in [0, 0.1) is 11.3 Å². The normalized spacial score (nSPS) is 11.2. The first-order chi connectivity index (χ1) is 14.7. The number of aliphatic hydroxyl groups is 1. The van der Waals surface area contributed by atoms with Crippen LogP contribution in [0.5, 0.6) is 0 Å². The summed E-state index contributed by atoms with van der Waals surface area (Å²) in [6.45, 7) is -0.0922. The van der Waals surface area contributed by atoms with Gasteiger partial charge in [-0.05, 0) is 53.8 Å². The van der Waals surface area contributed by atoms with Crippen LogP contribution in [0.15, 0.2) is 54.6 Å². The van der Waals surface area contributed by atoms with Crippen molar-refractivity contribution in [3.05, 3.63) is 88.1 Å². The molecule has 0 aliphatic carbocycles. The number of nitrogens with zero attached hydrogens (tertiary/aromatic N) is 2. The number of primary amides is 1. The number of halogens is 3. The van der Waals surface area contributed by atoms with Gasteiger partial charge in [0, 0.05) is 12.2 Å². The standard InChI is InChI=1S/C23H18F3N3O2/c24-23(25,26)19-10-15(3-6-18(19)13-27)9-14-1-4-17(5-2-14)20-11-16(7-8-30)12-21(29-20)22(28)31/h1-6,10-12,30H,7-9H2,(H2,28,31). The second-order valence-electron chi connectivity index (χ2n) is 6.95. The molecule has 0 aliphatic heterocycles. The summed E-state index contributed by atoms with van der Waals surface area (Å²) in [4.78, 5) is 15.8. The molecule has 3 rings (SSSR count). The van der Waals surface area contributed by atoms with E-state index in [1.54, 1.807) is 36.4 Å². The topological polar surface area (TPSA) is 100 Å². The van der Waals surface area contributed by atoms with Gasteiger partial charge in [-0.1, -0.05) is 30.3 Å². The molecule has 0 atom stereocenters. The average molecular weight is 425 g/mol. The molecule has 3 aromatic rings. The molecule has 1 amide bonds. The highest BCUT2D eigenvalue weighted by Crippen LogP contribution is 2.33. The third-order valence-corrected chi connectivity index (χ3v) is 4.71. The van der Waals surface area contributed by atoms with Crippen LogP contribution >= 0.6 is 0 Å². The maximum atomic E-state index is 13.2. The highest BCUT2D eigenvalue weighted by atomic mass is 19.4. The predicted octanol–water partition coefficient (Wildman–Crippen LogP) is 3.86. The average Bonchev–Trinajstić information content (AvgIpc) is 2.73. The number of hydrogen-bond donors (Lipinski definition) is 2. The van der Waals surface area contributed by atoms with E-state index in [9.17, 15) is 18.0 Å². The Morgan fingerprint density at radius 1 is 1.03 bits per heavy atom. The lowest BCUT2D eigenvalue weighted by Gasteiger charge is -2.11. The molecule has 0 radical (unpaired) electrons. The monoisotopic (exact) mass is 425 g/mol. The molecule has 158 valence electrons. The number of hydrogen-bond acceptors (Lipinski definition) is 4. The fourth-order valence-corrected chi connectivity index (χ4v) is 3.20. The van der Waals surface area contributed by atoms with Crippen molar-refractivity contribution < 1.29 is 23.1 Å². The molecule has 0 unspecified atom stereocenters. The van der Waals surface area contributed by atoms with Crippen LogP contribution in [0.2, 0.25) is 0 Å². The highest BCUT2D eigenvalue weighted by molar-refractivity contribution is 5.91. The first-order valence-electron chi connectivity index (χ1n) is 9.32. The maximum Gasteiger partial charge on any atom is 0.417 e. The Bertz CT molecular complexity index is 1150. The van der Waals surface area contributed by atoms with Crippen molar-refractivity contribution in [3.63, 3.8) is 0 Å². The third-order valence-electron chi connectivity index (χ3n) is 4.71. The van der Waals surface area contributed by atoms with Crippen LogP contribution in [-0.2, 0) is 19.0 Å². The molecule has 2 aromatic carbocycles. The van der Waals surface area contributed by atoms with Crippen molar-refractivity contribution in [1.29, 1.82) is 5.26 Å². The summed E-state index contributed by atoms with van der Waals surface area (Å²) in [7, 11) is 0. The largest absolute Gasteiger partial charge is 0.417 e. The number of aromatic nitrogens is 1. The van der Waals surface area contributed by atoms with E-state index in [0.717, 1.165) is 11.6 Å². The van der Waals surface area contributed by atoms with E-state index < -0.39 is 23.2 Å². The number of nitrogens with two attached hydrogens (primary N) is 1. The van der Waals surface area contributed by atoms with E-state index in [1.807, 2.05) is 0 Å². The lowest BCUT2D eigenvalue weighted by atomic mass is 9.98. The molecule has 0 saturated carbocycles. The van der Waals surface area contributed by atoms with Crippen molar-refractivity contribution in [2.45, 2.75) is 19.0 Å². The number of aliphatic hydroxyl groups excluding tert-OH is 1. The van der Waals surface area contributed by atoms with Crippen LogP contribution in [0.25, 0.3) is 11.3 Å². The first kappa shape index (κ1) is 22.0. The Balaban J connectivity index is 1.88. The van der Waals surface area contributed by atoms with Gasteiger partial charge < -0.3 is 10.8 Å². The Labute approximate surface area is 176 Å². The Kier molecular flexibility index (Phi) is 6.37. The predicted molar refractivity (Wildman–Crippen MR) is 108 cm³/mol. The molecule has 0 aliphatic rings. The molecule has 31 heavy (non-hydrogen) atoms. The fourth-order valence-electron chi connectivity index (χ4n) is 3.20. The van der Waals surface area contributed by atoms with Gasteiger partial charge in [-0.2, -0.15) is 18.4 Å². The molecule has 0 saturated heterocycles. The smallest absolute Gasteiger partial charge is 0.396 e. The molecule has 8 heteroatoms. The Hall–Kier alpha value is -3.70. The van der Waals surface area contributed by atoms with E-state index in [-0.39, 0.29) is 18.7 Å². The minimum atomic E-state index is -4.60. The Morgan fingerprint density at radius 3 is 2.29 bits per heavy atom. The summed E-state index contributed by atoms with van der Waals surface area (Å²) >= 11 is 0. The third kappa shape index (κ3) is 5.27. The van der Waals surface area contributed by atoms with Crippen molar-refractivity contribution in [2.75, 3.05) is 6.61 Å². The molecule has 1 heterocycles. The Morgan fingerprint density at radius 2 is 1.71 bits per heavy atom. The van der Waals surface area contributed by atoms with Gasteiger partial charge >= 0.3 is 6.18 Å². The molecular formula is C23H18F3N3O2. The quantitative estimate of drug-likeness (QED) is 0.626. The van der Waals surface area contributed by atoms with Gasteiger partial charge in [0.1, 0.15) is 5.69 Å². The lowest BCUT2D eigenvalue weighted by molar-refractivity contribution is -0.137. The zero-order chi connectivity index (χ0) is 22.6. The zero-order valence-corrected chi connectivity index (χ0v) is 16.3. The van der Waals surface area contributed by atoms with Crippen LogP contribution in [-0.4, -0.2) is 22.6 Å². The molecule has 0 spiro atoms. The van der Waals surface area contributed by atoms with Gasteiger partial charge in [0.25, 0.3) is 5.91 Å². The highest BCUT2D eigenvalue weighted by Gasteiger charge is 2.33. The number of nitriles is 1. The van der Waals surface area contributed by atoms with Crippen LogP contribution in [0.3, 0.4) is 0 Å². The van der Waals surface area contributed by atoms with Gasteiger partial charge in [0.15, 0.2) is 0 Å².